The molecule has 4 heterocycles. The van der Waals surface area contributed by atoms with Crippen LogP contribution in [0.15, 0.2) is 53.9 Å². The van der Waals surface area contributed by atoms with Gasteiger partial charge < -0.3 is 9.64 Å². The molecule has 1 fully saturated rings. The Morgan fingerprint density at radius 2 is 1.85 bits per heavy atom. The molecule has 5 rings (SSSR count). The zero-order chi connectivity index (χ0) is 23.7. The molecule has 1 aliphatic heterocycles. The van der Waals surface area contributed by atoms with E-state index >= 15 is 0 Å². The Morgan fingerprint density at radius 3 is 2.62 bits per heavy atom. The summed E-state index contributed by atoms with van der Waals surface area (Å²) in [6, 6.07) is 7.47. The standard InChI is InChI=1S/C23H27N7O3S/c1-28-15-17-7-8-20(33-2)23(22(17)26-28)27-34(31,32)19-14-25-30(16-19)21-13-18(9-10-24-21)29-11-5-3-4-6-12-29/h7-10,13-16,27H,3-6,11-12H2,1-2H3. The lowest BCUT2D eigenvalue weighted by atomic mass is 10.2. The number of anilines is 2. The van der Waals surface area contributed by atoms with Crippen LogP contribution in [-0.4, -0.2) is 53.2 Å². The van der Waals surface area contributed by atoms with E-state index < -0.39 is 10.0 Å². The van der Waals surface area contributed by atoms with E-state index in [9.17, 15) is 8.42 Å². The maximum absolute atomic E-state index is 13.2. The number of sulfonamides is 1. The van der Waals surface area contributed by atoms with Crippen LogP contribution in [0.3, 0.4) is 0 Å². The lowest BCUT2D eigenvalue weighted by Gasteiger charge is -2.22. The van der Waals surface area contributed by atoms with Crippen molar-refractivity contribution in [3.05, 3.63) is 49.1 Å². The summed E-state index contributed by atoms with van der Waals surface area (Å²) >= 11 is 0. The lowest BCUT2D eigenvalue weighted by molar-refractivity contribution is 0.417. The fraction of sp³-hybridized carbons (Fsp3) is 0.348. The fourth-order valence-corrected chi connectivity index (χ4v) is 5.29. The Balaban J connectivity index is 1.44. The Hall–Kier alpha value is -3.60. The van der Waals surface area contributed by atoms with Crippen molar-refractivity contribution in [3.8, 4) is 11.6 Å². The molecule has 3 aromatic heterocycles. The van der Waals surface area contributed by atoms with Crippen LogP contribution in [0.4, 0.5) is 11.4 Å². The Labute approximate surface area is 198 Å². The predicted octanol–water partition coefficient (Wildman–Crippen LogP) is 3.34. The largest absolute Gasteiger partial charge is 0.494 e. The van der Waals surface area contributed by atoms with Crippen molar-refractivity contribution in [2.45, 2.75) is 30.6 Å². The third kappa shape index (κ3) is 4.30. The summed E-state index contributed by atoms with van der Waals surface area (Å²) in [4.78, 5) is 6.77. The van der Waals surface area contributed by atoms with Gasteiger partial charge in [-0.05, 0) is 31.0 Å². The molecule has 0 saturated carbocycles. The summed E-state index contributed by atoms with van der Waals surface area (Å²) < 4.78 is 37.6. The van der Waals surface area contributed by atoms with E-state index in [1.54, 1.807) is 24.0 Å². The van der Waals surface area contributed by atoms with Gasteiger partial charge in [0.2, 0.25) is 0 Å². The minimum absolute atomic E-state index is 0.0180. The van der Waals surface area contributed by atoms with Crippen LogP contribution in [-0.2, 0) is 17.1 Å². The number of methoxy groups -OCH3 is 1. The highest BCUT2D eigenvalue weighted by Crippen LogP contribution is 2.34. The highest BCUT2D eigenvalue weighted by molar-refractivity contribution is 7.92. The smallest absolute Gasteiger partial charge is 0.265 e. The molecule has 0 unspecified atom stereocenters. The number of rotatable bonds is 6. The second-order valence-electron chi connectivity index (χ2n) is 8.38. The first-order chi connectivity index (χ1) is 16.4. The Morgan fingerprint density at radius 1 is 1.06 bits per heavy atom. The van der Waals surface area contributed by atoms with Gasteiger partial charge in [0.1, 0.15) is 21.8 Å². The highest BCUT2D eigenvalue weighted by Gasteiger charge is 2.22. The first-order valence-electron chi connectivity index (χ1n) is 11.2. The summed E-state index contributed by atoms with van der Waals surface area (Å²) in [7, 11) is -0.683. The van der Waals surface area contributed by atoms with Crippen LogP contribution < -0.4 is 14.4 Å². The number of hydrogen-bond acceptors (Lipinski definition) is 7. The number of benzene rings is 1. The number of aromatic nitrogens is 5. The van der Waals surface area contributed by atoms with Gasteiger partial charge in [-0.15, -0.1) is 0 Å². The van der Waals surface area contributed by atoms with E-state index in [4.69, 9.17) is 4.74 Å². The van der Waals surface area contributed by atoms with Crippen molar-refractivity contribution in [1.29, 1.82) is 0 Å². The van der Waals surface area contributed by atoms with E-state index in [-0.39, 0.29) is 10.6 Å². The molecule has 0 aliphatic carbocycles. The van der Waals surface area contributed by atoms with Crippen LogP contribution in [0.1, 0.15) is 25.7 Å². The molecular weight excluding hydrogens is 454 g/mol. The third-order valence-corrected chi connectivity index (χ3v) is 7.32. The molecule has 1 N–H and O–H groups in total. The second kappa shape index (κ2) is 8.98. The molecule has 34 heavy (non-hydrogen) atoms. The summed E-state index contributed by atoms with van der Waals surface area (Å²) in [5.74, 6) is 0.946. The number of nitrogens with zero attached hydrogens (tertiary/aromatic N) is 6. The number of pyridine rings is 1. The molecule has 178 valence electrons. The highest BCUT2D eigenvalue weighted by atomic mass is 32.2. The first kappa shape index (κ1) is 22.2. The third-order valence-electron chi connectivity index (χ3n) is 6.02. The van der Waals surface area contributed by atoms with Gasteiger partial charge in [0.15, 0.2) is 5.82 Å². The maximum atomic E-state index is 13.2. The van der Waals surface area contributed by atoms with E-state index in [2.05, 4.69) is 24.8 Å². The van der Waals surface area contributed by atoms with E-state index in [1.807, 2.05) is 24.4 Å². The molecule has 1 saturated heterocycles. The average Bonchev–Trinajstić information content (AvgIpc) is 3.39. The van der Waals surface area contributed by atoms with Gasteiger partial charge in [0.05, 0.1) is 19.5 Å². The molecule has 0 radical (unpaired) electrons. The van der Waals surface area contributed by atoms with Crippen LogP contribution in [0.2, 0.25) is 0 Å². The van der Waals surface area contributed by atoms with Gasteiger partial charge in [-0.2, -0.15) is 10.2 Å². The molecule has 1 aromatic carbocycles. The van der Waals surface area contributed by atoms with Crippen molar-refractivity contribution < 1.29 is 13.2 Å². The SMILES string of the molecule is COc1ccc2cn(C)nc2c1NS(=O)(=O)c1cnn(-c2cc(N3CCCCCC3)ccn2)c1. The van der Waals surface area contributed by atoms with Crippen molar-refractivity contribution in [1.82, 2.24) is 24.5 Å². The number of fused-ring (bicyclic) bond motifs is 1. The van der Waals surface area contributed by atoms with Crippen molar-refractivity contribution in [3.63, 3.8) is 0 Å². The minimum atomic E-state index is -3.95. The second-order valence-corrected chi connectivity index (χ2v) is 10.1. The zero-order valence-electron chi connectivity index (χ0n) is 19.2. The van der Waals surface area contributed by atoms with Gasteiger partial charge in [-0.3, -0.25) is 9.40 Å². The number of aryl methyl sites for hydroxylation is 1. The molecule has 1 aliphatic rings. The minimum Gasteiger partial charge on any atom is -0.494 e. The summed E-state index contributed by atoms with van der Waals surface area (Å²) in [6.45, 7) is 2.01. The fourth-order valence-electron chi connectivity index (χ4n) is 4.28. The number of nitrogens with one attached hydrogen (secondary N) is 1. The Bertz CT molecular complexity index is 1420. The van der Waals surface area contributed by atoms with Crippen molar-refractivity contribution in [2.75, 3.05) is 29.8 Å². The van der Waals surface area contributed by atoms with Crippen LogP contribution >= 0.6 is 0 Å². The van der Waals surface area contributed by atoms with Gasteiger partial charge >= 0.3 is 0 Å². The molecule has 4 aromatic rings. The van der Waals surface area contributed by atoms with Gasteiger partial charge in [0.25, 0.3) is 10.0 Å². The monoisotopic (exact) mass is 481 g/mol. The van der Waals surface area contributed by atoms with E-state index in [0.29, 0.717) is 17.1 Å². The van der Waals surface area contributed by atoms with Crippen LogP contribution in [0, 0.1) is 0 Å². The molecule has 0 atom stereocenters. The van der Waals surface area contributed by atoms with Gasteiger partial charge in [-0.1, -0.05) is 12.8 Å². The molecule has 10 nitrogen and oxygen atoms in total. The molecule has 0 amide bonds. The molecule has 0 bridgehead atoms. The molecule has 0 spiro atoms. The number of hydrogen-bond donors (Lipinski definition) is 1. The van der Waals surface area contributed by atoms with E-state index in [0.717, 1.165) is 24.2 Å². The topological polar surface area (TPSA) is 107 Å². The summed E-state index contributed by atoms with van der Waals surface area (Å²) in [5.41, 5.74) is 1.86. The quantitative estimate of drug-likeness (QED) is 0.450. The van der Waals surface area contributed by atoms with Gasteiger partial charge in [-0.25, -0.2) is 18.1 Å². The Kier molecular flexibility index (Phi) is 5.86. The lowest BCUT2D eigenvalue weighted by Crippen LogP contribution is -2.24. The van der Waals surface area contributed by atoms with E-state index in [1.165, 1.54) is 49.9 Å². The van der Waals surface area contributed by atoms with Crippen LogP contribution in [0.5, 0.6) is 5.75 Å². The van der Waals surface area contributed by atoms with Crippen LogP contribution in [0.25, 0.3) is 16.7 Å². The normalized spacial score (nSPS) is 14.8. The summed E-state index contributed by atoms with van der Waals surface area (Å²) in [6.07, 6.45) is 11.1. The summed E-state index contributed by atoms with van der Waals surface area (Å²) in [5, 5.41) is 9.46. The maximum Gasteiger partial charge on any atom is 0.265 e. The van der Waals surface area contributed by atoms with Gasteiger partial charge in [0, 0.05) is 49.7 Å². The predicted molar refractivity (Wildman–Crippen MR) is 130 cm³/mol. The first-order valence-corrected chi connectivity index (χ1v) is 12.7. The average molecular weight is 482 g/mol. The number of ether oxygens (including phenoxy) is 1. The van der Waals surface area contributed by atoms with Crippen molar-refractivity contribution in [2.24, 2.45) is 7.05 Å². The van der Waals surface area contributed by atoms with Crippen molar-refractivity contribution >= 4 is 32.3 Å². The molecular formula is C23H27N7O3S. The molecule has 11 heteroatoms. The zero-order valence-corrected chi connectivity index (χ0v) is 20.0.